The Morgan fingerprint density at radius 1 is 0.454 bits per heavy atom. The Bertz CT molecular complexity index is 5330. The fraction of sp³-hybridized carbons (Fsp3) is 0.329. The van der Waals surface area contributed by atoms with Crippen LogP contribution in [0.3, 0.4) is 0 Å². The number of carbonyl (C=O) groups is 12. The summed E-state index contributed by atoms with van der Waals surface area (Å²) in [7, 11) is 0. The number of H-pyrrole nitrogens is 3. The zero-order valence-electron chi connectivity index (χ0n) is 61.9. The summed E-state index contributed by atoms with van der Waals surface area (Å²) >= 11 is 0. The van der Waals surface area contributed by atoms with Gasteiger partial charge in [-0.05, 0) is 124 Å². The van der Waals surface area contributed by atoms with E-state index in [1.54, 1.807) is 42.6 Å². The summed E-state index contributed by atoms with van der Waals surface area (Å²) in [5.74, 6) is -3.66. The number of nitrogen functional groups attached to an aromatic ring is 3. The van der Waals surface area contributed by atoms with Gasteiger partial charge in [0.1, 0.15) is 24.4 Å². The number of hydrogen-bond donors (Lipinski definition) is 21. The standard InChI is InChI=1S/C26H30N10O6.C21H24N10O6.C19H19N7O6.C5H8O.2CH4/c27-26-34-22-21(24(40)35-26)32-17(12-30-22)11-28-16-6-4-15(5-7-16)23(39)33-18(25(41)42)8-9-19(37)29-13-20(38)36-31-10-14-2-1-3-14;22-21-29-17-16(19(35)30-21)27-12(8-26-17)7-24-11-3-1-10(2-4-11)18(34)28-13(20(36)37)5-6-14(32)25-9-15(33)31-23;20-19-25-15-14(17(30)26-19)23-11(8-22-15)7-21-10-3-1-9(2-4-10)16(29)24-12(18(31)32)5-6-13(27)28;6-4-5-2-1-3-5;;/h4-7,10,12,14,18,28H,1-3,8-9,11,13H2,(H,29,37)(H,33,39)(H,36,38)(H,41,42)(H3,27,30,34,35,40);1-4,8,13,24H,5-7,9,23H2,(H,25,32)(H,28,34)(H,31,33)(H,36,37)(H3,22,26,29,30,35);1-4,8,12,21H,5-7H2,(H,24,29)(H,27,28)(H,31,32)(H3,20,22,25,26,30);4-5H,1-3H2;2*1H4/b31-10+;;;;;. The van der Waals surface area contributed by atoms with Crippen molar-refractivity contribution in [3.05, 3.63) is 156 Å². The van der Waals surface area contributed by atoms with E-state index in [1.165, 1.54) is 61.4 Å². The quantitative estimate of drug-likeness (QED) is 0.00835. The lowest BCUT2D eigenvalue weighted by molar-refractivity contribution is -0.141. The molecule has 6 heterocycles. The molecule has 119 heavy (non-hydrogen) atoms. The van der Waals surface area contributed by atoms with E-state index in [0.29, 0.717) is 46.0 Å². The zero-order valence-corrected chi connectivity index (χ0v) is 61.9. The number of aldehydes is 1. The molecule has 2 saturated carbocycles. The Hall–Kier alpha value is -15.4. The van der Waals surface area contributed by atoms with Gasteiger partial charge in [0.15, 0.2) is 33.5 Å². The van der Waals surface area contributed by atoms with Gasteiger partial charge < -0.3 is 85.0 Å². The Kier molecular flexibility index (Phi) is 35.3. The Morgan fingerprint density at radius 3 is 1.05 bits per heavy atom. The summed E-state index contributed by atoms with van der Waals surface area (Å²) in [4.78, 5) is 218. The molecule has 46 nitrogen and oxygen atoms in total. The van der Waals surface area contributed by atoms with Crippen molar-refractivity contribution in [2.45, 2.75) is 130 Å². The number of carboxylic acids is 4. The summed E-state index contributed by atoms with van der Waals surface area (Å²) in [6.45, 7) is 0.0149. The maximum atomic E-state index is 12.6. The number of nitrogens with zero attached hydrogens (tertiary/aromatic N) is 10. The lowest BCUT2D eigenvalue weighted by Gasteiger charge is -2.20. The van der Waals surface area contributed by atoms with Crippen molar-refractivity contribution < 1.29 is 78.0 Å². The first-order chi connectivity index (χ1) is 56.0. The fourth-order valence-electron chi connectivity index (χ4n) is 10.3. The van der Waals surface area contributed by atoms with Gasteiger partial charge in [0.2, 0.25) is 29.7 Å². The topological polar surface area (TPSA) is 737 Å². The smallest absolute Gasteiger partial charge is 0.326 e. The number of benzene rings is 3. The lowest BCUT2D eigenvalue weighted by Crippen LogP contribution is -2.43. The third kappa shape index (κ3) is 29.5. The zero-order chi connectivity index (χ0) is 84.7. The van der Waals surface area contributed by atoms with Gasteiger partial charge in [-0.25, -0.2) is 55.6 Å². The first kappa shape index (κ1) is 92.5. The average Bonchev–Trinajstić information content (AvgIpc) is 0.818. The molecule has 0 saturated heterocycles. The summed E-state index contributed by atoms with van der Waals surface area (Å²) < 4.78 is 0. The number of hydrazine groups is 1. The predicted octanol–water partition coefficient (Wildman–Crippen LogP) is 0.0784. The van der Waals surface area contributed by atoms with Crippen molar-refractivity contribution in [1.82, 2.24) is 97.2 Å². The van der Waals surface area contributed by atoms with Gasteiger partial charge >= 0.3 is 23.9 Å². The highest BCUT2D eigenvalue weighted by Gasteiger charge is 2.26. The number of aliphatic carboxylic acids is 4. The molecule has 7 amide bonds. The number of nitrogens with one attached hydrogen (secondary N) is 13. The van der Waals surface area contributed by atoms with Gasteiger partial charge in [-0.2, -0.15) is 20.1 Å². The molecule has 2 aliphatic rings. The van der Waals surface area contributed by atoms with Gasteiger partial charge in [-0.3, -0.25) is 73.1 Å². The predicted molar refractivity (Wildman–Crippen MR) is 430 cm³/mol. The van der Waals surface area contributed by atoms with E-state index in [-0.39, 0.29) is 154 Å². The van der Waals surface area contributed by atoms with Crippen molar-refractivity contribution in [3.63, 3.8) is 0 Å². The monoisotopic (exact) mass is 1650 g/mol. The van der Waals surface area contributed by atoms with Crippen LogP contribution in [0.4, 0.5) is 34.9 Å². The molecule has 11 rings (SSSR count). The summed E-state index contributed by atoms with van der Waals surface area (Å²) in [5, 5.41) is 61.5. The van der Waals surface area contributed by atoms with Crippen molar-refractivity contribution in [2.24, 2.45) is 22.8 Å². The number of amides is 7. The molecule has 0 aliphatic heterocycles. The molecule has 2 fully saturated rings. The SMILES string of the molecule is C.C.NNC(=O)CNC(=O)CCC(NC(=O)c1ccc(NCc2cnc3nc(N)[nH]c(=O)c3n2)cc1)C(=O)O.Nc1nc2ncc(CNc3ccc(C(=O)NC(CCC(=O)NCC(=O)N/N=C/C4CCC4)C(=O)O)cc3)nc2c(=O)[nH]1.Nc1nc2ncc(CNc3ccc(C(=O)NC(CCC(=O)O)C(=O)O)cc3)nc2c(=O)[nH]1.O=CC1CCC1. The summed E-state index contributed by atoms with van der Waals surface area (Å²) in [5.41, 5.74) is 23.6. The molecule has 9 aromatic rings. The van der Waals surface area contributed by atoms with Crippen LogP contribution in [0.5, 0.6) is 0 Å². The van der Waals surface area contributed by atoms with Crippen LogP contribution < -0.4 is 93.1 Å². The number of carboxylic acid groups (broad SMARTS) is 4. The number of hydrogen-bond acceptors (Lipinski definition) is 32. The van der Waals surface area contributed by atoms with E-state index in [4.69, 9.17) is 33.3 Å². The van der Waals surface area contributed by atoms with Gasteiger partial charge in [0.05, 0.1) is 68.4 Å². The Balaban J connectivity index is 0.000000266. The van der Waals surface area contributed by atoms with Gasteiger partial charge in [-0.1, -0.05) is 27.7 Å². The molecule has 3 unspecified atom stereocenters. The number of rotatable bonds is 34. The number of hydrazone groups is 1. The number of nitrogens with two attached hydrogens (primary N) is 4. The summed E-state index contributed by atoms with van der Waals surface area (Å²) in [6.07, 6.45) is 12.5. The molecular formula is C73H89N27O19. The van der Waals surface area contributed by atoms with E-state index >= 15 is 0 Å². The minimum absolute atomic E-state index is 0. The fourth-order valence-corrected chi connectivity index (χ4v) is 10.3. The second kappa shape index (κ2) is 45.5. The molecule has 3 aromatic carbocycles. The summed E-state index contributed by atoms with van der Waals surface area (Å²) in [6, 6.07) is 14.6. The molecule has 25 N–H and O–H groups in total. The van der Waals surface area contributed by atoms with Crippen LogP contribution in [0.2, 0.25) is 0 Å². The molecule has 0 radical (unpaired) electrons. The number of aromatic nitrogens is 12. The molecule has 630 valence electrons. The molecule has 6 aromatic heterocycles. The average molecular weight is 1650 g/mol. The minimum Gasteiger partial charge on any atom is -0.481 e. The maximum absolute atomic E-state index is 12.6. The van der Waals surface area contributed by atoms with Gasteiger partial charge in [0, 0.05) is 65.1 Å². The van der Waals surface area contributed by atoms with Crippen molar-refractivity contribution in [3.8, 4) is 0 Å². The van der Waals surface area contributed by atoms with Crippen molar-refractivity contribution >= 4 is 146 Å². The first-order valence-electron chi connectivity index (χ1n) is 35.7. The van der Waals surface area contributed by atoms with Crippen LogP contribution >= 0.6 is 0 Å². The molecule has 46 heteroatoms. The largest absolute Gasteiger partial charge is 0.481 e. The Labute approximate surface area is 673 Å². The van der Waals surface area contributed by atoms with E-state index in [0.717, 1.165) is 38.4 Å². The van der Waals surface area contributed by atoms with E-state index in [9.17, 15) is 82.1 Å². The number of anilines is 6. The van der Waals surface area contributed by atoms with Gasteiger partial charge in [-0.15, -0.1) is 0 Å². The van der Waals surface area contributed by atoms with Crippen LogP contribution in [0, 0.1) is 11.8 Å². The maximum Gasteiger partial charge on any atom is 0.326 e. The van der Waals surface area contributed by atoms with Crippen LogP contribution in [-0.4, -0.2) is 189 Å². The third-order valence-corrected chi connectivity index (χ3v) is 17.1. The second-order valence-corrected chi connectivity index (χ2v) is 25.8. The number of carbonyl (C=O) groups excluding carboxylic acids is 8. The van der Waals surface area contributed by atoms with E-state index in [2.05, 4.69) is 113 Å². The highest BCUT2D eigenvalue weighted by atomic mass is 16.4. The molecule has 2 aliphatic carbocycles. The minimum atomic E-state index is -1.32. The molecular weight excluding hydrogens is 1560 g/mol. The second-order valence-electron chi connectivity index (χ2n) is 25.8. The molecule has 0 bridgehead atoms. The lowest BCUT2D eigenvalue weighted by atomic mass is 9.87. The van der Waals surface area contributed by atoms with Gasteiger partial charge in [0.25, 0.3) is 46.2 Å². The van der Waals surface area contributed by atoms with Crippen molar-refractivity contribution in [2.75, 3.05) is 46.2 Å². The van der Waals surface area contributed by atoms with Crippen LogP contribution in [0.15, 0.2) is 111 Å². The highest BCUT2D eigenvalue weighted by molar-refractivity contribution is 5.99. The molecule has 3 atom stereocenters. The Morgan fingerprint density at radius 2 is 0.773 bits per heavy atom. The molecule has 0 spiro atoms. The van der Waals surface area contributed by atoms with Crippen LogP contribution in [0.25, 0.3) is 33.5 Å². The third-order valence-electron chi connectivity index (χ3n) is 17.1. The number of aromatic amines is 3. The van der Waals surface area contributed by atoms with Crippen molar-refractivity contribution in [1.29, 1.82) is 0 Å². The van der Waals surface area contributed by atoms with Crippen LogP contribution in [-0.2, 0) is 62.8 Å². The first-order valence-corrected chi connectivity index (χ1v) is 35.7. The highest BCUT2D eigenvalue weighted by Crippen LogP contribution is 2.25. The van der Waals surface area contributed by atoms with E-state index < -0.39 is 100 Å². The van der Waals surface area contributed by atoms with Crippen LogP contribution in [0.1, 0.15) is 140 Å². The number of fused-ring (bicyclic) bond motifs is 3. The van der Waals surface area contributed by atoms with E-state index in [1.807, 2.05) is 5.43 Å². The normalized spacial score (nSPS) is 12.6.